The maximum Gasteiger partial charge on any atom is 0.242 e. The number of halogens is 1. The van der Waals surface area contributed by atoms with Gasteiger partial charge in [0.1, 0.15) is 5.82 Å². The molecule has 0 atom stereocenters. The van der Waals surface area contributed by atoms with E-state index in [0.29, 0.717) is 5.82 Å². The Hall–Kier alpha value is -2.58. The summed E-state index contributed by atoms with van der Waals surface area (Å²) in [6, 6.07) is 12.1. The Morgan fingerprint density at radius 3 is 2.54 bits per heavy atom. The zero-order valence-electron chi connectivity index (χ0n) is 12.7. The topological polar surface area (TPSA) is 85.1 Å². The number of nitrogens with zero attached hydrogens (tertiary/aromatic N) is 2. The second-order valence-corrected chi connectivity index (χ2v) is 6.87. The van der Waals surface area contributed by atoms with Gasteiger partial charge in [-0.25, -0.2) is 17.5 Å². The summed E-state index contributed by atoms with van der Waals surface area (Å²) in [4.78, 5) is 4.15. The normalized spacial score (nSPS) is 11.6. The van der Waals surface area contributed by atoms with E-state index in [1.54, 1.807) is 0 Å². The largest absolute Gasteiger partial charge is 0.338 e. The first-order valence-electron chi connectivity index (χ1n) is 7.09. The summed E-state index contributed by atoms with van der Waals surface area (Å²) < 4.78 is 44.5. The van der Waals surface area contributed by atoms with Gasteiger partial charge in [-0.2, -0.15) is 4.98 Å². The fourth-order valence-electron chi connectivity index (χ4n) is 2.11. The van der Waals surface area contributed by atoms with E-state index in [9.17, 15) is 12.8 Å². The summed E-state index contributed by atoms with van der Waals surface area (Å²) in [5, 5.41) is 3.86. The van der Waals surface area contributed by atoms with E-state index < -0.39 is 15.8 Å². The number of aryl methyl sites for hydroxylation is 1. The minimum atomic E-state index is -3.78. The first-order valence-corrected chi connectivity index (χ1v) is 8.58. The van der Waals surface area contributed by atoms with Gasteiger partial charge in [0.25, 0.3) is 0 Å². The summed E-state index contributed by atoms with van der Waals surface area (Å²) in [5.74, 6) is 0.0248. The fourth-order valence-corrected chi connectivity index (χ4v) is 3.09. The van der Waals surface area contributed by atoms with Crippen LogP contribution in [0.4, 0.5) is 4.39 Å². The number of sulfonamides is 1. The first kappa shape index (κ1) is 16.3. The van der Waals surface area contributed by atoms with Gasteiger partial charge in [-0.05, 0) is 36.8 Å². The molecule has 8 heteroatoms. The highest BCUT2D eigenvalue weighted by molar-refractivity contribution is 7.89. The third-order valence-corrected chi connectivity index (χ3v) is 4.81. The Labute approximate surface area is 138 Å². The lowest BCUT2D eigenvalue weighted by Gasteiger charge is -2.04. The van der Waals surface area contributed by atoms with Crippen molar-refractivity contribution in [2.75, 3.05) is 0 Å². The second-order valence-electron chi connectivity index (χ2n) is 5.11. The first-order chi connectivity index (χ1) is 11.5. The monoisotopic (exact) mass is 347 g/mol. The molecular weight excluding hydrogens is 333 g/mol. The molecular formula is C16H14FN3O3S. The van der Waals surface area contributed by atoms with Gasteiger partial charge in [-0.3, -0.25) is 0 Å². The van der Waals surface area contributed by atoms with Crippen molar-refractivity contribution in [3.05, 3.63) is 65.8 Å². The van der Waals surface area contributed by atoms with Crippen LogP contribution in [0.3, 0.4) is 0 Å². The van der Waals surface area contributed by atoms with Gasteiger partial charge in [0.15, 0.2) is 0 Å². The van der Waals surface area contributed by atoms with Gasteiger partial charge in [0.05, 0.1) is 11.4 Å². The number of benzene rings is 2. The summed E-state index contributed by atoms with van der Waals surface area (Å²) in [7, 11) is -3.78. The zero-order valence-corrected chi connectivity index (χ0v) is 13.5. The molecule has 24 heavy (non-hydrogen) atoms. The lowest BCUT2D eigenvalue weighted by atomic mass is 10.1. The molecule has 3 aromatic rings. The average Bonchev–Trinajstić information content (AvgIpc) is 3.03. The summed E-state index contributed by atoms with van der Waals surface area (Å²) in [6.07, 6.45) is 0. The van der Waals surface area contributed by atoms with Crippen LogP contribution in [0.5, 0.6) is 0 Å². The molecule has 0 aliphatic heterocycles. The minimum absolute atomic E-state index is 0.0393. The van der Waals surface area contributed by atoms with E-state index in [0.717, 1.165) is 23.3 Å². The highest BCUT2D eigenvalue weighted by atomic mass is 32.2. The Balaban J connectivity index is 1.74. The highest BCUT2D eigenvalue weighted by Crippen LogP contribution is 2.20. The van der Waals surface area contributed by atoms with Crippen LogP contribution in [0.2, 0.25) is 0 Å². The van der Waals surface area contributed by atoms with Crippen LogP contribution in [-0.4, -0.2) is 18.6 Å². The number of hydrogen-bond acceptors (Lipinski definition) is 5. The van der Waals surface area contributed by atoms with Gasteiger partial charge < -0.3 is 4.52 Å². The smallest absolute Gasteiger partial charge is 0.242 e. The molecule has 6 nitrogen and oxygen atoms in total. The van der Waals surface area contributed by atoms with Crippen LogP contribution in [0.1, 0.15) is 11.5 Å². The Kier molecular flexibility index (Phi) is 4.41. The van der Waals surface area contributed by atoms with Crippen LogP contribution in [0.25, 0.3) is 11.4 Å². The third-order valence-electron chi connectivity index (χ3n) is 3.39. The van der Waals surface area contributed by atoms with Crippen LogP contribution < -0.4 is 4.72 Å². The maximum absolute atomic E-state index is 12.9. The molecule has 3 rings (SSSR count). The lowest BCUT2D eigenvalue weighted by molar-refractivity contribution is 0.376. The molecule has 0 fully saturated rings. The average molecular weight is 347 g/mol. The van der Waals surface area contributed by atoms with Crippen LogP contribution in [0, 0.1) is 12.7 Å². The molecule has 0 unspecified atom stereocenters. The maximum atomic E-state index is 12.9. The molecule has 0 amide bonds. The van der Waals surface area contributed by atoms with Gasteiger partial charge >= 0.3 is 0 Å². The van der Waals surface area contributed by atoms with E-state index in [1.165, 1.54) is 12.1 Å². The third kappa shape index (κ3) is 3.50. The molecule has 124 valence electrons. The second kappa shape index (κ2) is 6.50. The van der Waals surface area contributed by atoms with Crippen molar-refractivity contribution in [3.8, 4) is 11.4 Å². The van der Waals surface area contributed by atoms with Crippen LogP contribution in [0.15, 0.2) is 57.9 Å². The molecule has 0 radical (unpaired) electrons. The van der Waals surface area contributed by atoms with E-state index in [1.807, 2.05) is 31.2 Å². The summed E-state index contributed by atoms with van der Waals surface area (Å²) in [6.45, 7) is 1.77. The van der Waals surface area contributed by atoms with Crippen LogP contribution >= 0.6 is 0 Å². The minimum Gasteiger partial charge on any atom is -0.338 e. The number of aromatic nitrogens is 2. The summed E-state index contributed by atoms with van der Waals surface area (Å²) in [5.41, 5.74) is 1.80. The SMILES string of the molecule is Cc1ccccc1-c1noc(CNS(=O)(=O)c2ccc(F)cc2)n1. The quantitative estimate of drug-likeness (QED) is 0.767. The highest BCUT2D eigenvalue weighted by Gasteiger charge is 2.16. The zero-order chi connectivity index (χ0) is 17.2. The van der Waals surface area contributed by atoms with E-state index in [4.69, 9.17) is 4.52 Å². The van der Waals surface area contributed by atoms with Gasteiger partial charge in [0.2, 0.25) is 21.7 Å². The Morgan fingerprint density at radius 2 is 1.83 bits per heavy atom. The Morgan fingerprint density at radius 1 is 1.12 bits per heavy atom. The van der Waals surface area contributed by atoms with E-state index in [2.05, 4.69) is 14.9 Å². The van der Waals surface area contributed by atoms with E-state index >= 15 is 0 Å². The van der Waals surface area contributed by atoms with Gasteiger partial charge in [0, 0.05) is 5.56 Å². The van der Waals surface area contributed by atoms with Crippen molar-refractivity contribution in [1.82, 2.24) is 14.9 Å². The molecule has 1 heterocycles. The molecule has 1 aromatic heterocycles. The van der Waals surface area contributed by atoms with Crippen LogP contribution in [-0.2, 0) is 16.6 Å². The molecule has 0 spiro atoms. The fraction of sp³-hybridized carbons (Fsp3) is 0.125. The molecule has 1 N–H and O–H groups in total. The summed E-state index contributed by atoms with van der Waals surface area (Å²) >= 11 is 0. The molecule has 0 aliphatic rings. The van der Waals surface area contributed by atoms with Crippen molar-refractivity contribution in [2.45, 2.75) is 18.4 Å². The molecule has 0 saturated heterocycles. The Bertz CT molecular complexity index is 953. The predicted octanol–water partition coefficient (Wildman–Crippen LogP) is 2.66. The predicted molar refractivity (Wildman–Crippen MR) is 84.9 cm³/mol. The molecule has 0 saturated carbocycles. The van der Waals surface area contributed by atoms with Crippen molar-refractivity contribution < 1.29 is 17.3 Å². The molecule has 2 aromatic carbocycles. The number of rotatable bonds is 5. The van der Waals surface area contributed by atoms with Crippen molar-refractivity contribution in [2.24, 2.45) is 0 Å². The van der Waals surface area contributed by atoms with Crippen molar-refractivity contribution >= 4 is 10.0 Å². The van der Waals surface area contributed by atoms with E-state index in [-0.39, 0.29) is 17.3 Å². The van der Waals surface area contributed by atoms with Gasteiger partial charge in [-0.15, -0.1) is 0 Å². The number of hydrogen-bond donors (Lipinski definition) is 1. The van der Waals surface area contributed by atoms with Crippen molar-refractivity contribution in [3.63, 3.8) is 0 Å². The standard InChI is InChI=1S/C16H14FN3O3S/c1-11-4-2-3-5-14(11)16-19-15(23-20-16)10-18-24(21,22)13-8-6-12(17)7-9-13/h2-9,18H,10H2,1H3. The molecule has 0 aliphatic carbocycles. The molecule has 0 bridgehead atoms. The lowest BCUT2D eigenvalue weighted by Crippen LogP contribution is -2.23. The number of nitrogens with one attached hydrogen (secondary N) is 1. The van der Waals surface area contributed by atoms with Gasteiger partial charge in [-0.1, -0.05) is 29.4 Å². The van der Waals surface area contributed by atoms with Crippen molar-refractivity contribution in [1.29, 1.82) is 0 Å².